The van der Waals surface area contributed by atoms with Gasteiger partial charge in [0.1, 0.15) is 4.99 Å². The van der Waals surface area contributed by atoms with E-state index >= 15 is 0 Å². The highest BCUT2D eigenvalue weighted by Crippen LogP contribution is 2.24. The standard InChI is InChI=1S/C15H22N2O2S2/c1-11-5-2-3-8-14(11)17-21(18,19)10-12-6-4-7-13(9-12)15(16)20/h4,6-7,9,11,14,17H,2-3,5,8,10H2,1H3,(H2,16,20). The van der Waals surface area contributed by atoms with Crippen LogP contribution in [-0.2, 0) is 15.8 Å². The Bertz CT molecular complexity index is 614. The van der Waals surface area contributed by atoms with Crippen LogP contribution in [0.2, 0.25) is 0 Å². The van der Waals surface area contributed by atoms with Crippen LogP contribution in [0.15, 0.2) is 24.3 Å². The van der Waals surface area contributed by atoms with Crippen molar-refractivity contribution in [1.29, 1.82) is 0 Å². The van der Waals surface area contributed by atoms with Crippen LogP contribution in [-0.4, -0.2) is 19.4 Å². The van der Waals surface area contributed by atoms with E-state index in [1.807, 2.05) is 0 Å². The molecular weight excluding hydrogens is 304 g/mol. The van der Waals surface area contributed by atoms with Gasteiger partial charge in [0.15, 0.2) is 0 Å². The number of sulfonamides is 1. The number of nitrogens with two attached hydrogens (primary N) is 1. The Morgan fingerprint density at radius 3 is 2.76 bits per heavy atom. The number of nitrogens with one attached hydrogen (secondary N) is 1. The van der Waals surface area contributed by atoms with Crippen molar-refractivity contribution in [2.75, 3.05) is 0 Å². The molecule has 3 N–H and O–H groups in total. The van der Waals surface area contributed by atoms with Crippen molar-refractivity contribution in [1.82, 2.24) is 4.72 Å². The maximum atomic E-state index is 12.3. The number of hydrogen-bond donors (Lipinski definition) is 2. The Morgan fingerprint density at radius 2 is 2.10 bits per heavy atom. The molecular formula is C15H22N2O2S2. The zero-order valence-electron chi connectivity index (χ0n) is 12.2. The summed E-state index contributed by atoms with van der Waals surface area (Å²) >= 11 is 4.92. The van der Waals surface area contributed by atoms with E-state index in [0.29, 0.717) is 17.0 Å². The van der Waals surface area contributed by atoms with Crippen molar-refractivity contribution in [3.8, 4) is 0 Å². The Balaban J connectivity index is 2.06. The van der Waals surface area contributed by atoms with Crippen molar-refractivity contribution in [2.24, 2.45) is 11.7 Å². The van der Waals surface area contributed by atoms with Gasteiger partial charge in [-0.3, -0.25) is 0 Å². The van der Waals surface area contributed by atoms with Crippen molar-refractivity contribution in [3.63, 3.8) is 0 Å². The monoisotopic (exact) mass is 326 g/mol. The van der Waals surface area contributed by atoms with E-state index in [4.69, 9.17) is 18.0 Å². The molecule has 0 spiro atoms. The first-order valence-corrected chi connectivity index (χ1v) is 9.32. The molecule has 0 radical (unpaired) electrons. The Hall–Kier alpha value is -0.980. The second-order valence-electron chi connectivity index (χ2n) is 5.81. The minimum absolute atomic E-state index is 0.0350. The molecule has 1 aromatic rings. The van der Waals surface area contributed by atoms with Crippen molar-refractivity contribution < 1.29 is 8.42 Å². The van der Waals surface area contributed by atoms with E-state index in [1.54, 1.807) is 24.3 Å². The Kier molecular flexibility index (Phi) is 5.35. The molecule has 0 aromatic heterocycles. The van der Waals surface area contributed by atoms with Crippen LogP contribution in [0.5, 0.6) is 0 Å². The molecule has 0 bridgehead atoms. The minimum atomic E-state index is -3.34. The predicted molar refractivity (Wildman–Crippen MR) is 89.5 cm³/mol. The maximum absolute atomic E-state index is 12.3. The summed E-state index contributed by atoms with van der Waals surface area (Å²) in [6.07, 6.45) is 4.29. The van der Waals surface area contributed by atoms with Crippen LogP contribution in [0.3, 0.4) is 0 Å². The average Bonchev–Trinajstić information content (AvgIpc) is 2.41. The molecule has 1 aromatic carbocycles. The summed E-state index contributed by atoms with van der Waals surface area (Å²) < 4.78 is 27.5. The van der Waals surface area contributed by atoms with Crippen LogP contribution in [0, 0.1) is 5.92 Å². The molecule has 1 saturated carbocycles. The molecule has 0 amide bonds. The molecule has 2 atom stereocenters. The smallest absolute Gasteiger partial charge is 0.216 e. The van der Waals surface area contributed by atoms with E-state index in [9.17, 15) is 8.42 Å². The van der Waals surface area contributed by atoms with E-state index in [-0.39, 0.29) is 16.8 Å². The van der Waals surface area contributed by atoms with Gasteiger partial charge in [-0.25, -0.2) is 13.1 Å². The molecule has 2 rings (SSSR count). The lowest BCUT2D eigenvalue weighted by atomic mass is 9.87. The highest BCUT2D eigenvalue weighted by Gasteiger charge is 2.25. The zero-order chi connectivity index (χ0) is 15.5. The van der Waals surface area contributed by atoms with Gasteiger partial charge >= 0.3 is 0 Å². The molecule has 0 saturated heterocycles. The normalized spacial score (nSPS) is 22.9. The van der Waals surface area contributed by atoms with Gasteiger partial charge < -0.3 is 5.73 Å². The van der Waals surface area contributed by atoms with Crippen molar-refractivity contribution in [3.05, 3.63) is 35.4 Å². The second-order valence-corrected chi connectivity index (χ2v) is 8.00. The summed E-state index contributed by atoms with van der Waals surface area (Å²) in [5, 5.41) is 0. The minimum Gasteiger partial charge on any atom is -0.389 e. The third kappa shape index (κ3) is 4.76. The molecule has 21 heavy (non-hydrogen) atoms. The fourth-order valence-electron chi connectivity index (χ4n) is 2.80. The summed E-state index contributed by atoms with van der Waals surface area (Å²) in [5.41, 5.74) is 6.98. The van der Waals surface area contributed by atoms with Crippen LogP contribution in [0.25, 0.3) is 0 Å². The van der Waals surface area contributed by atoms with E-state index in [1.165, 1.54) is 6.42 Å². The fraction of sp³-hybridized carbons (Fsp3) is 0.533. The molecule has 1 aliphatic carbocycles. The number of hydrogen-bond acceptors (Lipinski definition) is 3. The van der Waals surface area contributed by atoms with Gasteiger partial charge in [-0.15, -0.1) is 0 Å². The van der Waals surface area contributed by atoms with E-state index < -0.39 is 10.0 Å². The van der Waals surface area contributed by atoms with Crippen LogP contribution in [0.4, 0.5) is 0 Å². The largest absolute Gasteiger partial charge is 0.389 e. The first kappa shape index (κ1) is 16.4. The molecule has 2 unspecified atom stereocenters. The highest BCUT2D eigenvalue weighted by atomic mass is 32.2. The number of thiocarbonyl (C=S) groups is 1. The van der Waals surface area contributed by atoms with Gasteiger partial charge in [-0.05, 0) is 30.4 Å². The molecule has 1 fully saturated rings. The SMILES string of the molecule is CC1CCCCC1NS(=O)(=O)Cc1cccc(C(N)=S)c1. The lowest BCUT2D eigenvalue weighted by molar-refractivity contribution is 0.310. The third-order valence-corrected chi connectivity index (χ3v) is 5.62. The third-order valence-electron chi connectivity index (χ3n) is 4.01. The van der Waals surface area contributed by atoms with Gasteiger partial charge in [0.25, 0.3) is 0 Å². The van der Waals surface area contributed by atoms with Gasteiger partial charge in [0.05, 0.1) is 5.75 Å². The molecule has 1 aliphatic rings. The lowest BCUT2D eigenvalue weighted by Crippen LogP contribution is -2.41. The van der Waals surface area contributed by atoms with Gasteiger partial charge in [-0.1, -0.05) is 50.2 Å². The lowest BCUT2D eigenvalue weighted by Gasteiger charge is -2.29. The molecule has 0 heterocycles. The van der Waals surface area contributed by atoms with Crippen LogP contribution in [0.1, 0.15) is 43.7 Å². The summed E-state index contributed by atoms with van der Waals surface area (Å²) in [7, 11) is -3.34. The van der Waals surface area contributed by atoms with E-state index in [2.05, 4.69) is 11.6 Å². The van der Waals surface area contributed by atoms with Crippen LogP contribution < -0.4 is 10.5 Å². The van der Waals surface area contributed by atoms with Gasteiger partial charge in [0.2, 0.25) is 10.0 Å². The predicted octanol–water partition coefficient (Wildman–Crippen LogP) is 2.32. The molecule has 0 aliphatic heterocycles. The summed E-state index contributed by atoms with van der Waals surface area (Å²) in [5.74, 6) is 0.364. The summed E-state index contributed by atoms with van der Waals surface area (Å²) in [6, 6.07) is 7.15. The zero-order valence-corrected chi connectivity index (χ0v) is 13.8. The molecule has 6 heteroatoms. The van der Waals surface area contributed by atoms with Gasteiger partial charge in [-0.2, -0.15) is 0 Å². The summed E-state index contributed by atoms with van der Waals surface area (Å²) in [4.78, 5) is 0.281. The van der Waals surface area contributed by atoms with Crippen molar-refractivity contribution in [2.45, 2.75) is 44.4 Å². The molecule has 4 nitrogen and oxygen atoms in total. The second kappa shape index (κ2) is 6.85. The highest BCUT2D eigenvalue weighted by molar-refractivity contribution is 7.88. The topological polar surface area (TPSA) is 72.2 Å². The van der Waals surface area contributed by atoms with Gasteiger partial charge in [0, 0.05) is 11.6 Å². The fourth-order valence-corrected chi connectivity index (χ4v) is 4.44. The number of benzene rings is 1. The summed E-state index contributed by atoms with van der Waals surface area (Å²) in [6.45, 7) is 2.11. The van der Waals surface area contributed by atoms with E-state index in [0.717, 1.165) is 19.3 Å². The number of rotatable bonds is 5. The average molecular weight is 326 g/mol. The first-order valence-electron chi connectivity index (χ1n) is 7.26. The Morgan fingerprint density at radius 1 is 1.38 bits per heavy atom. The Labute approximate surface area is 132 Å². The molecule has 116 valence electrons. The first-order chi connectivity index (χ1) is 9.87. The maximum Gasteiger partial charge on any atom is 0.216 e. The quantitative estimate of drug-likeness (QED) is 0.815. The van der Waals surface area contributed by atoms with Crippen molar-refractivity contribution >= 4 is 27.2 Å². The van der Waals surface area contributed by atoms with Crippen LogP contribution >= 0.6 is 12.2 Å².